The van der Waals surface area contributed by atoms with Crippen molar-refractivity contribution < 1.29 is 14.3 Å². The number of carbonyl (C=O) groups is 1. The number of nitrogens with one attached hydrogen (secondary N) is 2. The van der Waals surface area contributed by atoms with Crippen molar-refractivity contribution in [2.45, 2.75) is 46.1 Å². The van der Waals surface area contributed by atoms with Crippen LogP contribution in [0.1, 0.15) is 45.6 Å². The third kappa shape index (κ3) is 4.54. The third-order valence-corrected chi connectivity index (χ3v) is 5.92. The fraction of sp³-hybridized carbons (Fsp3) is 0.400. The Balaban J connectivity index is 2.04. The molecule has 0 saturated heterocycles. The number of carbonyl (C=O) groups excluding carboxylic acids is 1. The second kappa shape index (κ2) is 9.43. The molecule has 2 aromatic carbocycles. The monoisotopic (exact) mass is 423 g/mol. The molecule has 0 aliphatic heterocycles. The molecule has 3 aromatic rings. The van der Waals surface area contributed by atoms with Crippen molar-refractivity contribution in [2.24, 2.45) is 11.7 Å². The fourth-order valence-corrected chi connectivity index (χ4v) is 3.85. The molecule has 2 atom stereocenters. The van der Waals surface area contributed by atoms with Crippen molar-refractivity contribution in [3.63, 3.8) is 0 Å². The number of methoxy groups -OCH3 is 2. The topological polar surface area (TPSA) is 89.4 Å². The van der Waals surface area contributed by atoms with Crippen LogP contribution in [0.5, 0.6) is 11.5 Å². The van der Waals surface area contributed by atoms with E-state index >= 15 is 0 Å². The maximum absolute atomic E-state index is 12.6. The van der Waals surface area contributed by atoms with Gasteiger partial charge in [-0.2, -0.15) is 0 Å². The number of hydrogen-bond acceptors (Lipinski definition) is 4. The first-order valence-electron chi connectivity index (χ1n) is 10.7. The smallest absolute Gasteiger partial charge is 0.241 e. The summed E-state index contributed by atoms with van der Waals surface area (Å²) in [6, 6.07) is 11.3. The van der Waals surface area contributed by atoms with Crippen LogP contribution in [0, 0.1) is 5.92 Å². The molecule has 1 heterocycles. The number of aromatic nitrogens is 1. The largest absolute Gasteiger partial charge is 0.493 e. The predicted octanol–water partition coefficient (Wildman–Crippen LogP) is 5.29. The number of H-pyrrole nitrogens is 1. The van der Waals surface area contributed by atoms with E-state index < -0.39 is 6.04 Å². The number of ether oxygens (including phenoxy) is 2. The Morgan fingerprint density at radius 1 is 1.06 bits per heavy atom. The Hall–Kier alpha value is -2.99. The summed E-state index contributed by atoms with van der Waals surface area (Å²) in [6.45, 7) is 8.36. The molecule has 0 radical (unpaired) electrons. The van der Waals surface area contributed by atoms with E-state index in [4.69, 9.17) is 15.2 Å². The van der Waals surface area contributed by atoms with Gasteiger partial charge in [-0.25, -0.2) is 0 Å². The van der Waals surface area contributed by atoms with Crippen molar-refractivity contribution in [1.82, 2.24) is 4.98 Å². The van der Waals surface area contributed by atoms with E-state index in [1.54, 1.807) is 14.2 Å². The van der Waals surface area contributed by atoms with Crippen LogP contribution in [-0.4, -0.2) is 31.2 Å². The zero-order valence-corrected chi connectivity index (χ0v) is 19.2. The lowest BCUT2D eigenvalue weighted by Gasteiger charge is -2.18. The van der Waals surface area contributed by atoms with Gasteiger partial charge in [-0.1, -0.05) is 34.1 Å². The van der Waals surface area contributed by atoms with E-state index in [0.717, 1.165) is 34.3 Å². The second-order valence-corrected chi connectivity index (χ2v) is 8.30. The molecule has 0 saturated carbocycles. The first-order chi connectivity index (χ1) is 14.8. The van der Waals surface area contributed by atoms with E-state index in [2.05, 4.69) is 24.1 Å². The summed E-state index contributed by atoms with van der Waals surface area (Å²) in [7, 11) is 3.26. The van der Waals surface area contributed by atoms with Crippen LogP contribution in [0.4, 0.5) is 5.69 Å². The molecular weight excluding hydrogens is 390 g/mol. The van der Waals surface area contributed by atoms with Gasteiger partial charge in [0.05, 0.1) is 26.0 Å². The number of fused-ring (bicyclic) bond motifs is 1. The van der Waals surface area contributed by atoms with Crippen LogP contribution in [0.15, 0.2) is 36.4 Å². The molecular formula is C25H33N3O3. The normalized spacial score (nSPS) is 13.3. The highest BCUT2D eigenvalue weighted by Crippen LogP contribution is 2.39. The average molecular weight is 424 g/mol. The minimum absolute atomic E-state index is 0.124. The SMILES string of the molecule is CC[C@@H](C)[C@@H](N)C(=O)Nc1ccc2[nH]c(-c3ccc(OC)c(OC)c3)c(C(C)C)c2c1. The van der Waals surface area contributed by atoms with Crippen molar-refractivity contribution >= 4 is 22.5 Å². The van der Waals surface area contributed by atoms with E-state index in [0.29, 0.717) is 11.5 Å². The number of benzene rings is 2. The van der Waals surface area contributed by atoms with E-state index in [9.17, 15) is 4.79 Å². The van der Waals surface area contributed by atoms with Crippen LogP contribution in [0.25, 0.3) is 22.2 Å². The van der Waals surface area contributed by atoms with Crippen molar-refractivity contribution in [2.75, 3.05) is 19.5 Å². The first kappa shape index (κ1) is 22.7. The second-order valence-electron chi connectivity index (χ2n) is 8.30. The van der Waals surface area contributed by atoms with E-state index in [1.807, 2.05) is 50.2 Å². The predicted molar refractivity (Wildman–Crippen MR) is 127 cm³/mol. The number of hydrogen-bond donors (Lipinski definition) is 3. The van der Waals surface area contributed by atoms with Gasteiger partial charge in [0.2, 0.25) is 5.91 Å². The Morgan fingerprint density at radius 2 is 1.77 bits per heavy atom. The quantitative estimate of drug-likeness (QED) is 0.459. The molecule has 1 amide bonds. The van der Waals surface area contributed by atoms with Crippen molar-refractivity contribution in [3.8, 4) is 22.8 Å². The standard InChI is InChI=1S/C25H33N3O3/c1-7-15(4)23(26)25(29)27-17-9-10-19-18(13-17)22(14(2)3)24(28-19)16-8-11-20(30-5)21(12-16)31-6/h8-15,23,28H,7,26H2,1-6H3,(H,27,29)/t15-,23-/m1/s1. The third-order valence-electron chi connectivity index (χ3n) is 5.92. The van der Waals surface area contributed by atoms with Gasteiger partial charge < -0.3 is 25.5 Å². The molecule has 0 bridgehead atoms. The lowest BCUT2D eigenvalue weighted by molar-refractivity contribution is -0.118. The summed E-state index contributed by atoms with van der Waals surface area (Å²) in [5.41, 5.74) is 11.1. The van der Waals surface area contributed by atoms with Crippen molar-refractivity contribution in [1.29, 1.82) is 0 Å². The van der Waals surface area contributed by atoms with E-state index in [-0.39, 0.29) is 17.7 Å². The van der Waals surface area contributed by atoms with Gasteiger partial charge in [-0.05, 0) is 53.8 Å². The highest BCUT2D eigenvalue weighted by Gasteiger charge is 2.21. The molecule has 0 aliphatic carbocycles. The van der Waals surface area contributed by atoms with Gasteiger partial charge in [-0.3, -0.25) is 4.79 Å². The summed E-state index contributed by atoms with van der Waals surface area (Å²) in [5.74, 6) is 1.61. The molecule has 0 unspecified atom stereocenters. The molecule has 3 rings (SSSR count). The molecule has 6 heteroatoms. The summed E-state index contributed by atoms with van der Waals surface area (Å²) in [6.07, 6.45) is 0.859. The van der Waals surface area contributed by atoms with Gasteiger partial charge in [0, 0.05) is 22.2 Å². The van der Waals surface area contributed by atoms with Gasteiger partial charge in [0.15, 0.2) is 11.5 Å². The molecule has 31 heavy (non-hydrogen) atoms. The molecule has 166 valence electrons. The molecule has 6 nitrogen and oxygen atoms in total. The number of nitrogens with two attached hydrogens (primary N) is 1. The number of rotatable bonds is 8. The van der Waals surface area contributed by atoms with Crippen molar-refractivity contribution in [3.05, 3.63) is 42.0 Å². The lowest BCUT2D eigenvalue weighted by Crippen LogP contribution is -2.40. The van der Waals surface area contributed by atoms with Crippen LogP contribution >= 0.6 is 0 Å². The number of aromatic amines is 1. The molecule has 0 aliphatic rings. The van der Waals surface area contributed by atoms with Crippen LogP contribution in [-0.2, 0) is 4.79 Å². The maximum Gasteiger partial charge on any atom is 0.241 e. The highest BCUT2D eigenvalue weighted by molar-refractivity contribution is 5.99. The van der Waals surface area contributed by atoms with Crippen LogP contribution in [0.2, 0.25) is 0 Å². The summed E-state index contributed by atoms with van der Waals surface area (Å²) >= 11 is 0. The number of anilines is 1. The van der Waals surface area contributed by atoms with Crippen LogP contribution < -0.4 is 20.5 Å². The Labute approximate surface area is 184 Å². The minimum Gasteiger partial charge on any atom is -0.493 e. The average Bonchev–Trinajstić information content (AvgIpc) is 3.16. The summed E-state index contributed by atoms with van der Waals surface area (Å²) < 4.78 is 10.9. The summed E-state index contributed by atoms with van der Waals surface area (Å²) in [5, 5.41) is 4.06. The Morgan fingerprint density at radius 3 is 2.39 bits per heavy atom. The Bertz CT molecular complexity index is 1070. The Kier molecular flexibility index (Phi) is 6.91. The van der Waals surface area contributed by atoms with Gasteiger partial charge >= 0.3 is 0 Å². The summed E-state index contributed by atoms with van der Waals surface area (Å²) in [4.78, 5) is 16.1. The van der Waals surface area contributed by atoms with E-state index in [1.165, 1.54) is 5.56 Å². The number of amides is 1. The fourth-order valence-electron chi connectivity index (χ4n) is 3.85. The van der Waals surface area contributed by atoms with Crippen LogP contribution in [0.3, 0.4) is 0 Å². The molecule has 0 spiro atoms. The minimum atomic E-state index is -0.529. The molecule has 0 fully saturated rings. The van der Waals surface area contributed by atoms with Gasteiger partial charge in [-0.15, -0.1) is 0 Å². The first-order valence-corrected chi connectivity index (χ1v) is 10.7. The highest BCUT2D eigenvalue weighted by atomic mass is 16.5. The van der Waals surface area contributed by atoms with Gasteiger partial charge in [0.1, 0.15) is 0 Å². The lowest BCUT2D eigenvalue weighted by atomic mass is 9.95. The van der Waals surface area contributed by atoms with Gasteiger partial charge in [0.25, 0.3) is 0 Å². The zero-order chi connectivity index (χ0) is 22.7. The maximum atomic E-state index is 12.6. The zero-order valence-electron chi connectivity index (χ0n) is 19.2. The molecule has 1 aromatic heterocycles. The molecule has 4 N–H and O–H groups in total.